The van der Waals surface area contributed by atoms with Crippen molar-refractivity contribution in [3.63, 3.8) is 0 Å². The summed E-state index contributed by atoms with van der Waals surface area (Å²) in [6, 6.07) is 8.87. The predicted octanol–water partition coefficient (Wildman–Crippen LogP) is 1.35. The van der Waals surface area contributed by atoms with Crippen LogP contribution in [0.1, 0.15) is 12.1 Å². The lowest BCUT2D eigenvalue weighted by atomic mass is 10.3. The van der Waals surface area contributed by atoms with Crippen LogP contribution in [0.25, 0.3) is 0 Å². The summed E-state index contributed by atoms with van der Waals surface area (Å²) in [5.74, 6) is 0. The first kappa shape index (κ1) is 16.9. The van der Waals surface area contributed by atoms with Crippen LogP contribution in [-0.4, -0.2) is 61.0 Å². The van der Waals surface area contributed by atoms with Crippen LogP contribution in [0.5, 0.6) is 0 Å². The van der Waals surface area contributed by atoms with Crippen LogP contribution in [0.15, 0.2) is 41.4 Å². The molecule has 2 aromatic rings. The van der Waals surface area contributed by atoms with E-state index >= 15 is 0 Å². The Balaban J connectivity index is 1.74. The largest absolute Gasteiger partial charge is 0.379 e. The quantitative estimate of drug-likeness (QED) is 0.852. The second-order valence-corrected chi connectivity index (χ2v) is 7.96. The Morgan fingerprint density at radius 1 is 1.21 bits per heavy atom. The number of nitrogens with zero attached hydrogens (tertiary/aromatic N) is 3. The van der Waals surface area contributed by atoms with Gasteiger partial charge in [0.2, 0.25) is 10.0 Å². The topological polar surface area (TPSA) is 81.3 Å². The summed E-state index contributed by atoms with van der Waals surface area (Å²) in [4.78, 5) is 2.50. The van der Waals surface area contributed by atoms with Gasteiger partial charge in [-0.1, -0.05) is 6.07 Å². The number of likely N-dealkylation sites (N-methyl/N-ethyl adjacent to an activating group) is 1. The van der Waals surface area contributed by atoms with Crippen molar-refractivity contribution >= 4 is 15.7 Å². The number of rotatable bonds is 5. The molecule has 1 saturated heterocycles. The van der Waals surface area contributed by atoms with Crippen LogP contribution in [0.3, 0.4) is 0 Å². The van der Waals surface area contributed by atoms with Crippen LogP contribution in [0.2, 0.25) is 0 Å². The van der Waals surface area contributed by atoms with Crippen molar-refractivity contribution in [3.05, 3.63) is 42.2 Å². The van der Waals surface area contributed by atoms with Crippen LogP contribution in [-0.2, 0) is 16.6 Å². The van der Waals surface area contributed by atoms with Gasteiger partial charge in [0.15, 0.2) is 0 Å². The van der Waals surface area contributed by atoms with E-state index in [0.29, 0.717) is 24.5 Å². The van der Waals surface area contributed by atoms with Crippen molar-refractivity contribution in [1.29, 1.82) is 0 Å². The average molecular weight is 349 g/mol. The maximum Gasteiger partial charge on any atom is 0.243 e. The molecule has 1 fully saturated rings. The number of H-pyrrole nitrogens is 1. The Labute approximate surface area is 142 Å². The van der Waals surface area contributed by atoms with Crippen molar-refractivity contribution in [2.24, 2.45) is 0 Å². The fourth-order valence-electron chi connectivity index (χ4n) is 2.76. The van der Waals surface area contributed by atoms with Gasteiger partial charge in [0.1, 0.15) is 0 Å². The van der Waals surface area contributed by atoms with Crippen LogP contribution in [0, 0.1) is 0 Å². The fraction of sp³-hybridized carbons (Fsp3) is 0.438. The molecule has 3 rings (SSSR count). The Kier molecular flexibility index (Phi) is 5.17. The third-order valence-electron chi connectivity index (χ3n) is 4.19. The standard InChI is InChI=1S/C16H23N5O2S/c1-20-8-3-9-21(11-10-20)24(22,23)16-5-2-4-14(12-16)17-13-15-6-7-18-19-15/h2,4-7,12,17H,3,8-11,13H2,1H3,(H,18,19). The van der Waals surface area contributed by atoms with Crippen molar-refractivity contribution in [3.8, 4) is 0 Å². The SMILES string of the molecule is CN1CCCN(S(=O)(=O)c2cccc(NCc3ccn[nH]3)c2)CC1. The number of hydrogen-bond donors (Lipinski definition) is 2. The van der Waals surface area contributed by atoms with Gasteiger partial charge in [-0.15, -0.1) is 0 Å². The number of hydrogen-bond acceptors (Lipinski definition) is 5. The van der Waals surface area contributed by atoms with E-state index in [4.69, 9.17) is 0 Å². The minimum atomic E-state index is -3.46. The number of aromatic nitrogens is 2. The van der Waals surface area contributed by atoms with E-state index in [0.717, 1.165) is 30.9 Å². The lowest BCUT2D eigenvalue weighted by molar-refractivity contribution is 0.347. The lowest BCUT2D eigenvalue weighted by Gasteiger charge is -2.20. The summed E-state index contributed by atoms with van der Waals surface area (Å²) in [5.41, 5.74) is 1.72. The second kappa shape index (κ2) is 7.33. The van der Waals surface area contributed by atoms with Gasteiger partial charge in [0.25, 0.3) is 0 Å². The number of sulfonamides is 1. The molecule has 1 aromatic heterocycles. The van der Waals surface area contributed by atoms with Gasteiger partial charge in [-0.05, 0) is 44.3 Å². The molecule has 0 bridgehead atoms. The maximum absolute atomic E-state index is 12.9. The fourth-order valence-corrected chi connectivity index (χ4v) is 4.28. The molecule has 130 valence electrons. The molecule has 0 saturated carbocycles. The van der Waals surface area contributed by atoms with Gasteiger partial charge in [-0.2, -0.15) is 9.40 Å². The summed E-state index contributed by atoms with van der Waals surface area (Å²) in [6.07, 6.45) is 2.54. The van der Waals surface area contributed by atoms with Crippen LogP contribution >= 0.6 is 0 Å². The molecule has 1 aromatic carbocycles. The average Bonchev–Trinajstić information content (AvgIpc) is 3.00. The van der Waals surface area contributed by atoms with E-state index in [-0.39, 0.29) is 0 Å². The highest BCUT2D eigenvalue weighted by Crippen LogP contribution is 2.21. The van der Waals surface area contributed by atoms with Gasteiger partial charge in [0, 0.05) is 31.5 Å². The van der Waals surface area contributed by atoms with E-state index < -0.39 is 10.0 Å². The van der Waals surface area contributed by atoms with Gasteiger partial charge in [-0.25, -0.2) is 8.42 Å². The zero-order valence-corrected chi connectivity index (χ0v) is 14.6. The Morgan fingerprint density at radius 2 is 2.08 bits per heavy atom. The number of benzene rings is 1. The number of anilines is 1. The van der Waals surface area contributed by atoms with Gasteiger partial charge in [-0.3, -0.25) is 5.10 Å². The smallest absolute Gasteiger partial charge is 0.243 e. The lowest BCUT2D eigenvalue weighted by Crippen LogP contribution is -2.34. The molecule has 0 spiro atoms. The Morgan fingerprint density at radius 3 is 2.88 bits per heavy atom. The molecule has 0 amide bonds. The summed E-state index contributed by atoms with van der Waals surface area (Å²) in [6.45, 7) is 3.36. The molecule has 8 heteroatoms. The van der Waals surface area contributed by atoms with Gasteiger partial charge >= 0.3 is 0 Å². The summed E-state index contributed by atoms with van der Waals surface area (Å²) in [7, 11) is -1.43. The molecule has 0 unspecified atom stereocenters. The molecular formula is C16H23N5O2S. The van der Waals surface area contributed by atoms with E-state index in [9.17, 15) is 8.42 Å². The highest BCUT2D eigenvalue weighted by atomic mass is 32.2. The van der Waals surface area contributed by atoms with Crippen molar-refractivity contribution in [2.45, 2.75) is 17.9 Å². The first-order valence-electron chi connectivity index (χ1n) is 8.06. The second-order valence-electron chi connectivity index (χ2n) is 6.02. The normalized spacial score (nSPS) is 17.5. The summed E-state index contributed by atoms with van der Waals surface area (Å²) in [5, 5.41) is 9.99. The monoisotopic (exact) mass is 349 g/mol. The Bertz CT molecular complexity index is 761. The summed E-state index contributed by atoms with van der Waals surface area (Å²) >= 11 is 0. The van der Waals surface area contributed by atoms with Crippen LogP contribution in [0.4, 0.5) is 5.69 Å². The third-order valence-corrected chi connectivity index (χ3v) is 6.09. The molecule has 1 aliphatic rings. The zero-order valence-electron chi connectivity index (χ0n) is 13.8. The molecule has 1 aliphatic heterocycles. The molecule has 2 heterocycles. The van der Waals surface area contributed by atoms with E-state index in [2.05, 4.69) is 20.4 Å². The van der Waals surface area contributed by atoms with Gasteiger partial charge < -0.3 is 10.2 Å². The van der Waals surface area contributed by atoms with Gasteiger partial charge in [0.05, 0.1) is 17.1 Å². The number of nitrogens with one attached hydrogen (secondary N) is 2. The highest BCUT2D eigenvalue weighted by molar-refractivity contribution is 7.89. The molecular weight excluding hydrogens is 326 g/mol. The van der Waals surface area contributed by atoms with Crippen molar-refractivity contribution in [2.75, 3.05) is 38.5 Å². The minimum absolute atomic E-state index is 0.335. The van der Waals surface area contributed by atoms with Crippen molar-refractivity contribution < 1.29 is 8.42 Å². The highest BCUT2D eigenvalue weighted by Gasteiger charge is 2.26. The van der Waals surface area contributed by atoms with Crippen LogP contribution < -0.4 is 5.32 Å². The molecule has 0 atom stereocenters. The minimum Gasteiger partial charge on any atom is -0.379 e. The molecule has 0 aliphatic carbocycles. The van der Waals surface area contributed by atoms with E-state index in [1.807, 2.05) is 19.2 Å². The molecule has 2 N–H and O–H groups in total. The first-order valence-corrected chi connectivity index (χ1v) is 9.50. The van der Waals surface area contributed by atoms with E-state index in [1.165, 1.54) is 0 Å². The Hall–Kier alpha value is -1.90. The first-order chi connectivity index (χ1) is 11.6. The molecule has 24 heavy (non-hydrogen) atoms. The number of aromatic amines is 1. The van der Waals surface area contributed by atoms with E-state index in [1.54, 1.807) is 28.7 Å². The zero-order chi connectivity index (χ0) is 17.0. The third kappa shape index (κ3) is 3.95. The molecule has 0 radical (unpaired) electrons. The predicted molar refractivity (Wildman–Crippen MR) is 93.2 cm³/mol. The summed E-state index contributed by atoms with van der Waals surface area (Å²) < 4.78 is 27.4. The maximum atomic E-state index is 12.9. The molecule has 7 nitrogen and oxygen atoms in total. The van der Waals surface area contributed by atoms with Crippen molar-refractivity contribution in [1.82, 2.24) is 19.4 Å².